The summed E-state index contributed by atoms with van der Waals surface area (Å²) in [7, 11) is 0. The number of hydrogen-bond acceptors (Lipinski definition) is 4. The number of carbonyl (C=O) groups is 1. The van der Waals surface area contributed by atoms with E-state index < -0.39 is 11.8 Å². The molecular weight excluding hydrogens is 476 g/mol. The van der Waals surface area contributed by atoms with Gasteiger partial charge in [0.25, 0.3) is 0 Å². The number of nitrogens with zero attached hydrogens (tertiary/aromatic N) is 1. The smallest absolute Gasteiger partial charge is 0.173 e. The van der Waals surface area contributed by atoms with Crippen LogP contribution in [0.15, 0.2) is 121 Å². The number of piperidine rings is 1. The van der Waals surface area contributed by atoms with Gasteiger partial charge in [0.05, 0.1) is 5.92 Å². The van der Waals surface area contributed by atoms with Crippen molar-refractivity contribution in [3.63, 3.8) is 0 Å². The average Bonchev–Trinajstić information content (AvgIpc) is 2.94. The maximum atomic E-state index is 14.2. The lowest BCUT2D eigenvalue weighted by atomic mass is 9.72. The Bertz CT molecular complexity index is 1480. The number of aryl methyl sites for hydroxylation is 1. The van der Waals surface area contributed by atoms with E-state index in [0.717, 1.165) is 11.1 Å². The first-order chi connectivity index (χ1) is 18.0. The highest BCUT2D eigenvalue weighted by molar-refractivity contribution is 7.80. The molecule has 1 aliphatic heterocycles. The van der Waals surface area contributed by atoms with Gasteiger partial charge < -0.3 is 5.11 Å². The molecule has 0 aliphatic carbocycles. The number of para-hydroxylation sites is 1. The summed E-state index contributed by atoms with van der Waals surface area (Å²) in [6, 6.07) is 35.4. The normalized spacial score (nSPS) is 19.0. The van der Waals surface area contributed by atoms with Gasteiger partial charge in [0.2, 0.25) is 0 Å². The van der Waals surface area contributed by atoms with E-state index in [9.17, 15) is 15.3 Å². The fourth-order valence-electron chi connectivity index (χ4n) is 4.85. The predicted octanol–water partition coefficient (Wildman–Crippen LogP) is 7.37. The first-order valence-corrected chi connectivity index (χ1v) is 12.5. The third-order valence-corrected chi connectivity index (χ3v) is 7.14. The summed E-state index contributed by atoms with van der Waals surface area (Å²) in [6.45, 7) is 2.00. The number of anilines is 1. The number of Topliss-reactive ketones (excluding diaryl/α,β-unsaturated/α-hetero) is 1. The van der Waals surface area contributed by atoms with Crippen LogP contribution in [0.4, 0.5) is 5.69 Å². The highest BCUT2D eigenvalue weighted by Crippen LogP contribution is 2.45. The van der Waals surface area contributed by atoms with Crippen molar-refractivity contribution in [1.29, 1.82) is 5.41 Å². The van der Waals surface area contributed by atoms with Gasteiger partial charge in [-0.2, -0.15) is 0 Å². The number of carbonyl (C=O) groups excluding carboxylic acids is 1. The van der Waals surface area contributed by atoms with E-state index in [1.54, 1.807) is 29.2 Å². The molecule has 1 heterocycles. The van der Waals surface area contributed by atoms with Gasteiger partial charge in [-0.1, -0.05) is 121 Å². The maximum Gasteiger partial charge on any atom is 0.173 e. The molecule has 2 N–H and O–H groups in total. The Hall–Kier alpha value is -4.35. The van der Waals surface area contributed by atoms with E-state index >= 15 is 0 Å². The highest BCUT2D eigenvalue weighted by Gasteiger charge is 2.47. The number of aliphatic hydroxyl groups is 1. The zero-order chi connectivity index (χ0) is 25.9. The molecule has 4 aromatic rings. The van der Waals surface area contributed by atoms with Crippen molar-refractivity contribution in [2.45, 2.75) is 12.8 Å². The summed E-state index contributed by atoms with van der Waals surface area (Å²) in [4.78, 5) is 16.1. The summed E-state index contributed by atoms with van der Waals surface area (Å²) in [5.74, 6) is -1.59. The number of thiocarbonyl (C=S) groups is 1. The van der Waals surface area contributed by atoms with Gasteiger partial charge in [-0.05, 0) is 24.6 Å². The SMILES string of the molecule is Cc1ccc([C@@H]2/C(=C(\O)c3ccccc3)C(=N)N(c3ccccc3)C(=S)[C@H]2C(=O)c2ccccc2)cc1. The van der Waals surface area contributed by atoms with Gasteiger partial charge in [-0.25, -0.2) is 0 Å². The molecule has 0 amide bonds. The third-order valence-electron chi connectivity index (χ3n) is 6.70. The molecule has 1 saturated heterocycles. The Kier molecular flexibility index (Phi) is 6.80. The molecule has 0 unspecified atom stereocenters. The Morgan fingerprint density at radius 3 is 1.86 bits per heavy atom. The lowest BCUT2D eigenvalue weighted by molar-refractivity contribution is 0.0946. The molecule has 0 radical (unpaired) electrons. The third kappa shape index (κ3) is 4.61. The van der Waals surface area contributed by atoms with Crippen molar-refractivity contribution in [3.8, 4) is 0 Å². The van der Waals surface area contributed by atoms with Crippen LogP contribution < -0.4 is 4.90 Å². The first kappa shape index (κ1) is 24.3. The van der Waals surface area contributed by atoms with E-state index in [1.165, 1.54) is 0 Å². The van der Waals surface area contributed by atoms with E-state index in [0.29, 0.717) is 27.4 Å². The number of amidine groups is 1. The summed E-state index contributed by atoms with van der Waals surface area (Å²) in [5, 5.41) is 21.0. The van der Waals surface area contributed by atoms with E-state index in [2.05, 4.69) is 0 Å². The molecule has 37 heavy (non-hydrogen) atoms. The van der Waals surface area contributed by atoms with Crippen LogP contribution in [0.3, 0.4) is 0 Å². The van der Waals surface area contributed by atoms with E-state index in [-0.39, 0.29) is 17.4 Å². The van der Waals surface area contributed by atoms with Gasteiger partial charge >= 0.3 is 0 Å². The fourth-order valence-corrected chi connectivity index (χ4v) is 5.29. The molecule has 5 heteroatoms. The molecule has 4 nitrogen and oxygen atoms in total. The minimum absolute atomic E-state index is 0.0366. The second-order valence-corrected chi connectivity index (χ2v) is 9.50. The van der Waals surface area contributed by atoms with Crippen LogP contribution in [-0.4, -0.2) is 21.7 Å². The topological polar surface area (TPSA) is 64.4 Å². The minimum Gasteiger partial charge on any atom is -0.507 e. The number of aliphatic hydroxyl groups excluding tert-OH is 1. The van der Waals surface area contributed by atoms with Gasteiger partial charge in [0.15, 0.2) is 5.78 Å². The Morgan fingerprint density at radius 2 is 1.30 bits per heavy atom. The molecule has 1 aliphatic rings. The number of hydrogen-bond donors (Lipinski definition) is 2. The second kappa shape index (κ2) is 10.3. The first-order valence-electron chi connectivity index (χ1n) is 12.1. The molecule has 4 aromatic carbocycles. The summed E-state index contributed by atoms with van der Waals surface area (Å²) < 4.78 is 0. The summed E-state index contributed by atoms with van der Waals surface area (Å²) in [5.41, 5.74) is 4.04. The lowest BCUT2D eigenvalue weighted by Gasteiger charge is -2.42. The minimum atomic E-state index is -0.810. The molecule has 1 fully saturated rings. The van der Waals surface area contributed by atoms with Crippen LogP contribution in [0.5, 0.6) is 0 Å². The number of ketones is 1. The van der Waals surface area contributed by atoms with Crippen molar-refractivity contribution in [3.05, 3.63) is 143 Å². The van der Waals surface area contributed by atoms with Gasteiger partial charge in [0.1, 0.15) is 16.6 Å². The molecule has 0 aromatic heterocycles. The Balaban J connectivity index is 1.79. The maximum absolute atomic E-state index is 14.2. The van der Waals surface area contributed by atoms with Crippen LogP contribution in [0.2, 0.25) is 0 Å². The van der Waals surface area contributed by atoms with Gasteiger partial charge in [-0.15, -0.1) is 0 Å². The Labute approximate surface area is 222 Å². The van der Waals surface area contributed by atoms with Crippen LogP contribution in [0, 0.1) is 18.3 Å². The highest BCUT2D eigenvalue weighted by atomic mass is 32.1. The van der Waals surface area contributed by atoms with Crippen LogP contribution in [-0.2, 0) is 0 Å². The molecule has 5 rings (SSSR count). The molecule has 0 saturated carbocycles. The van der Waals surface area contributed by atoms with Gasteiger partial charge in [-0.3, -0.25) is 15.1 Å². The van der Waals surface area contributed by atoms with Crippen molar-refractivity contribution < 1.29 is 9.90 Å². The number of nitrogens with one attached hydrogen (secondary N) is 1. The fraction of sp³-hybridized carbons (Fsp3) is 0.0938. The second-order valence-electron chi connectivity index (χ2n) is 9.08. The summed E-state index contributed by atoms with van der Waals surface area (Å²) >= 11 is 6.00. The number of benzene rings is 4. The lowest BCUT2D eigenvalue weighted by Crippen LogP contribution is -2.51. The Morgan fingerprint density at radius 1 is 0.784 bits per heavy atom. The van der Waals surface area contributed by atoms with Gasteiger partial charge in [0, 0.05) is 28.3 Å². The quantitative estimate of drug-likeness (QED) is 0.170. The molecule has 2 atom stereocenters. The van der Waals surface area contributed by atoms with Crippen LogP contribution in [0.1, 0.15) is 33.0 Å². The zero-order valence-corrected chi connectivity index (χ0v) is 21.2. The average molecular weight is 503 g/mol. The van der Waals surface area contributed by atoms with E-state index in [4.69, 9.17) is 12.2 Å². The molecule has 0 spiro atoms. The predicted molar refractivity (Wildman–Crippen MR) is 153 cm³/mol. The monoisotopic (exact) mass is 502 g/mol. The van der Waals surface area contributed by atoms with Crippen molar-refractivity contribution in [2.75, 3.05) is 4.90 Å². The largest absolute Gasteiger partial charge is 0.507 e. The standard InChI is InChI=1S/C32H26N2O2S/c1-21-17-19-22(20-18-21)26-27(29(35)23-11-5-2-6-12-23)31(33)34(25-15-9-4-10-16-25)32(37)28(26)30(36)24-13-7-3-8-14-24/h2-20,26,28,33,35H,1H3/b29-27+,33-31?/t26-,28-/m1/s1. The van der Waals surface area contributed by atoms with Crippen molar-refractivity contribution in [1.82, 2.24) is 0 Å². The number of rotatable bonds is 5. The molecule has 182 valence electrons. The van der Waals surface area contributed by atoms with Crippen LogP contribution in [0.25, 0.3) is 5.76 Å². The van der Waals surface area contributed by atoms with Crippen LogP contribution >= 0.6 is 12.2 Å². The van der Waals surface area contributed by atoms with Crippen molar-refractivity contribution in [2.24, 2.45) is 5.92 Å². The zero-order valence-electron chi connectivity index (χ0n) is 20.3. The van der Waals surface area contributed by atoms with Crippen molar-refractivity contribution >= 4 is 40.3 Å². The molecule has 0 bridgehead atoms. The van der Waals surface area contributed by atoms with E-state index in [1.807, 2.05) is 97.9 Å². The summed E-state index contributed by atoms with van der Waals surface area (Å²) in [6.07, 6.45) is 0. The molecular formula is C32H26N2O2S.